The van der Waals surface area contributed by atoms with Crippen molar-refractivity contribution in [2.75, 3.05) is 20.2 Å². The molecule has 1 aromatic rings. The highest BCUT2D eigenvalue weighted by atomic mass is 16.5. The average Bonchev–Trinajstić information content (AvgIpc) is 2.17. The molecule has 0 bridgehead atoms. The Labute approximate surface area is 79.1 Å². The van der Waals surface area contributed by atoms with Crippen molar-refractivity contribution in [3.8, 4) is 5.88 Å². The van der Waals surface area contributed by atoms with Crippen molar-refractivity contribution in [1.29, 1.82) is 0 Å². The van der Waals surface area contributed by atoms with Crippen molar-refractivity contribution in [1.82, 2.24) is 10.3 Å². The number of ether oxygens (including phenoxy) is 1. The summed E-state index contributed by atoms with van der Waals surface area (Å²) in [6.07, 6.45) is 2.72. The molecule has 0 radical (unpaired) electrons. The van der Waals surface area contributed by atoms with Crippen molar-refractivity contribution in [3.63, 3.8) is 0 Å². The molecule has 3 nitrogen and oxygen atoms in total. The molecule has 0 fully saturated rings. The van der Waals surface area contributed by atoms with E-state index in [-0.39, 0.29) is 0 Å². The Kier molecular flexibility index (Phi) is 4.26. The summed E-state index contributed by atoms with van der Waals surface area (Å²) in [7, 11) is 1.94. The molecule has 0 aromatic carbocycles. The number of nitrogens with zero attached hydrogens (tertiary/aromatic N) is 1. The van der Waals surface area contributed by atoms with Gasteiger partial charge in [-0.3, -0.25) is 0 Å². The molecule has 0 aliphatic carbocycles. The van der Waals surface area contributed by atoms with Crippen LogP contribution in [0.1, 0.15) is 12.5 Å². The van der Waals surface area contributed by atoms with Crippen molar-refractivity contribution >= 4 is 0 Å². The first kappa shape index (κ1) is 9.99. The van der Waals surface area contributed by atoms with Crippen LogP contribution in [0.5, 0.6) is 5.88 Å². The molecule has 0 amide bonds. The van der Waals surface area contributed by atoms with Gasteiger partial charge >= 0.3 is 0 Å². The first-order valence-corrected chi connectivity index (χ1v) is 4.59. The van der Waals surface area contributed by atoms with E-state index in [0.29, 0.717) is 6.61 Å². The summed E-state index contributed by atoms with van der Waals surface area (Å²) in [6.45, 7) is 3.59. The zero-order valence-corrected chi connectivity index (χ0v) is 8.21. The normalized spacial score (nSPS) is 10.0. The Morgan fingerprint density at radius 1 is 1.54 bits per heavy atom. The molecule has 1 rings (SSSR count). The second kappa shape index (κ2) is 5.54. The minimum atomic E-state index is 0.670. The average molecular weight is 180 g/mol. The van der Waals surface area contributed by atoms with Gasteiger partial charge in [0, 0.05) is 11.8 Å². The Hall–Kier alpha value is -1.09. The summed E-state index contributed by atoms with van der Waals surface area (Å²) in [4.78, 5) is 4.17. The number of hydrogen-bond donors (Lipinski definition) is 1. The van der Waals surface area contributed by atoms with Gasteiger partial charge in [0.2, 0.25) is 5.88 Å². The molecule has 1 N–H and O–H groups in total. The van der Waals surface area contributed by atoms with Gasteiger partial charge < -0.3 is 10.1 Å². The molecule has 0 spiro atoms. The number of aromatic nitrogens is 1. The Morgan fingerprint density at radius 2 is 2.38 bits per heavy atom. The molecule has 13 heavy (non-hydrogen) atoms. The van der Waals surface area contributed by atoms with Crippen molar-refractivity contribution in [2.45, 2.75) is 13.3 Å². The van der Waals surface area contributed by atoms with E-state index >= 15 is 0 Å². The van der Waals surface area contributed by atoms with E-state index in [1.165, 1.54) is 5.56 Å². The second-order valence-corrected chi connectivity index (χ2v) is 2.75. The largest absolute Gasteiger partial charge is 0.478 e. The molecular formula is C10H16N2O. The van der Waals surface area contributed by atoms with E-state index in [9.17, 15) is 0 Å². The fourth-order valence-corrected chi connectivity index (χ4v) is 1.14. The minimum Gasteiger partial charge on any atom is -0.478 e. The van der Waals surface area contributed by atoms with Gasteiger partial charge in [0.1, 0.15) is 0 Å². The van der Waals surface area contributed by atoms with Gasteiger partial charge in [-0.05, 0) is 33.0 Å². The van der Waals surface area contributed by atoms with Crippen molar-refractivity contribution < 1.29 is 4.74 Å². The van der Waals surface area contributed by atoms with Crippen LogP contribution in [0, 0.1) is 0 Å². The predicted molar refractivity (Wildman–Crippen MR) is 53.0 cm³/mol. The molecule has 72 valence electrons. The smallest absolute Gasteiger partial charge is 0.216 e. The summed E-state index contributed by atoms with van der Waals surface area (Å²) in [5.41, 5.74) is 1.17. The standard InChI is InChI=1S/C10H16N2O/c1-3-13-10-9(6-8-11-2)5-4-7-12-10/h4-5,7,11H,3,6,8H2,1-2H3. The van der Waals surface area contributed by atoms with E-state index in [1.54, 1.807) is 6.20 Å². The summed E-state index contributed by atoms with van der Waals surface area (Å²) < 4.78 is 5.40. The van der Waals surface area contributed by atoms with Gasteiger partial charge in [0.05, 0.1) is 6.61 Å². The lowest BCUT2D eigenvalue weighted by atomic mass is 10.2. The van der Waals surface area contributed by atoms with E-state index in [1.807, 2.05) is 20.0 Å². The van der Waals surface area contributed by atoms with Crippen LogP contribution in [0.3, 0.4) is 0 Å². The number of rotatable bonds is 5. The molecule has 0 unspecified atom stereocenters. The van der Waals surface area contributed by atoms with Crippen LogP contribution in [-0.4, -0.2) is 25.2 Å². The third-order valence-electron chi connectivity index (χ3n) is 1.78. The highest BCUT2D eigenvalue weighted by molar-refractivity contribution is 5.25. The Balaban J connectivity index is 2.66. The Bertz CT molecular complexity index is 250. The van der Waals surface area contributed by atoms with Crippen LogP contribution >= 0.6 is 0 Å². The maximum absolute atomic E-state index is 5.40. The maximum Gasteiger partial charge on any atom is 0.216 e. The van der Waals surface area contributed by atoms with E-state index in [0.717, 1.165) is 18.8 Å². The zero-order chi connectivity index (χ0) is 9.52. The van der Waals surface area contributed by atoms with Crippen LogP contribution in [0.15, 0.2) is 18.3 Å². The quantitative estimate of drug-likeness (QED) is 0.740. The summed E-state index contributed by atoms with van der Waals surface area (Å²) >= 11 is 0. The van der Waals surface area contributed by atoms with Crippen molar-refractivity contribution in [3.05, 3.63) is 23.9 Å². The molecule has 0 saturated carbocycles. The topological polar surface area (TPSA) is 34.1 Å². The maximum atomic E-state index is 5.40. The van der Waals surface area contributed by atoms with E-state index < -0.39 is 0 Å². The number of likely N-dealkylation sites (N-methyl/N-ethyl adjacent to an activating group) is 1. The molecule has 0 saturated heterocycles. The fourth-order valence-electron chi connectivity index (χ4n) is 1.14. The predicted octanol–water partition coefficient (Wildman–Crippen LogP) is 1.24. The van der Waals surface area contributed by atoms with Gasteiger partial charge in [0.15, 0.2) is 0 Å². The number of nitrogens with one attached hydrogen (secondary N) is 1. The van der Waals surface area contributed by atoms with Gasteiger partial charge in [-0.15, -0.1) is 0 Å². The summed E-state index contributed by atoms with van der Waals surface area (Å²) in [6, 6.07) is 3.99. The lowest BCUT2D eigenvalue weighted by Gasteiger charge is -2.07. The highest BCUT2D eigenvalue weighted by Gasteiger charge is 2.01. The second-order valence-electron chi connectivity index (χ2n) is 2.75. The molecule has 1 heterocycles. The molecular weight excluding hydrogens is 164 g/mol. The monoisotopic (exact) mass is 180 g/mol. The SMILES string of the molecule is CCOc1ncccc1CCNC. The summed E-state index contributed by atoms with van der Waals surface area (Å²) in [5, 5.41) is 3.10. The molecule has 3 heteroatoms. The fraction of sp³-hybridized carbons (Fsp3) is 0.500. The number of pyridine rings is 1. The number of hydrogen-bond acceptors (Lipinski definition) is 3. The lowest BCUT2D eigenvalue weighted by molar-refractivity contribution is 0.323. The molecule has 0 aliphatic rings. The summed E-state index contributed by atoms with van der Waals surface area (Å²) in [5.74, 6) is 0.764. The lowest BCUT2D eigenvalue weighted by Crippen LogP contribution is -2.11. The third-order valence-corrected chi connectivity index (χ3v) is 1.78. The third kappa shape index (κ3) is 3.03. The van der Waals surface area contributed by atoms with Crippen LogP contribution in [-0.2, 0) is 6.42 Å². The minimum absolute atomic E-state index is 0.670. The van der Waals surface area contributed by atoms with Gasteiger partial charge in [-0.25, -0.2) is 4.98 Å². The van der Waals surface area contributed by atoms with Crippen LogP contribution < -0.4 is 10.1 Å². The Morgan fingerprint density at radius 3 is 3.08 bits per heavy atom. The van der Waals surface area contributed by atoms with E-state index in [2.05, 4.69) is 16.4 Å². The first-order valence-electron chi connectivity index (χ1n) is 4.59. The highest BCUT2D eigenvalue weighted by Crippen LogP contribution is 2.13. The molecule has 0 aliphatic heterocycles. The van der Waals surface area contributed by atoms with Crippen LogP contribution in [0.4, 0.5) is 0 Å². The van der Waals surface area contributed by atoms with Crippen LogP contribution in [0.25, 0.3) is 0 Å². The molecule has 0 atom stereocenters. The first-order chi connectivity index (χ1) is 6.38. The van der Waals surface area contributed by atoms with Crippen LogP contribution in [0.2, 0.25) is 0 Å². The molecule has 1 aromatic heterocycles. The van der Waals surface area contributed by atoms with Gasteiger partial charge in [-0.1, -0.05) is 6.07 Å². The van der Waals surface area contributed by atoms with E-state index in [4.69, 9.17) is 4.74 Å². The van der Waals surface area contributed by atoms with Gasteiger partial charge in [0.25, 0.3) is 0 Å². The zero-order valence-electron chi connectivity index (χ0n) is 8.21. The van der Waals surface area contributed by atoms with Gasteiger partial charge in [-0.2, -0.15) is 0 Å². The van der Waals surface area contributed by atoms with Crippen molar-refractivity contribution in [2.24, 2.45) is 0 Å².